The highest BCUT2D eigenvalue weighted by Gasteiger charge is 2.11. The highest BCUT2D eigenvalue weighted by Crippen LogP contribution is 2.18. The molecule has 0 aliphatic carbocycles. The lowest BCUT2D eigenvalue weighted by Crippen LogP contribution is -2.11. The molecule has 0 atom stereocenters. The Kier molecular flexibility index (Phi) is 5.84. The van der Waals surface area contributed by atoms with Crippen molar-refractivity contribution in [2.75, 3.05) is 5.32 Å². The van der Waals surface area contributed by atoms with Gasteiger partial charge in [0.2, 0.25) is 22.8 Å². The van der Waals surface area contributed by atoms with Crippen molar-refractivity contribution in [2.45, 2.75) is 39.0 Å². The van der Waals surface area contributed by atoms with Gasteiger partial charge in [-0.25, -0.2) is 0 Å². The van der Waals surface area contributed by atoms with Crippen molar-refractivity contribution in [3.8, 4) is 11.4 Å². The minimum absolute atomic E-state index is 0.0815. The second-order valence-corrected chi connectivity index (χ2v) is 6.59. The van der Waals surface area contributed by atoms with Gasteiger partial charge >= 0.3 is 0 Å². The fourth-order valence-corrected chi connectivity index (χ4v) is 3.12. The third-order valence-corrected chi connectivity index (χ3v) is 4.37. The van der Waals surface area contributed by atoms with E-state index in [0.717, 1.165) is 23.4 Å². The van der Waals surface area contributed by atoms with E-state index in [-0.39, 0.29) is 5.91 Å². The van der Waals surface area contributed by atoms with Gasteiger partial charge < -0.3 is 9.84 Å². The standard InChI is InChI=1S/C17H19N5O2S/c1-2-7-15-20-21-17(25-15)18-13(23)10-6-11-14-19-16(22-24-14)12-8-4-3-5-9-12/h3-5,8-9H,2,6-7,10-11H2,1H3,(H,18,21,23). The van der Waals surface area contributed by atoms with E-state index in [0.29, 0.717) is 36.1 Å². The first-order chi connectivity index (χ1) is 12.2. The molecular weight excluding hydrogens is 338 g/mol. The Labute approximate surface area is 149 Å². The van der Waals surface area contributed by atoms with E-state index in [9.17, 15) is 4.79 Å². The zero-order valence-corrected chi connectivity index (χ0v) is 14.8. The first-order valence-electron chi connectivity index (χ1n) is 8.25. The Morgan fingerprint density at radius 2 is 2.04 bits per heavy atom. The number of aromatic nitrogens is 4. The van der Waals surface area contributed by atoms with Crippen LogP contribution in [-0.4, -0.2) is 26.2 Å². The number of benzene rings is 1. The second kappa shape index (κ2) is 8.48. The molecule has 0 saturated carbocycles. The highest BCUT2D eigenvalue weighted by atomic mass is 32.1. The summed E-state index contributed by atoms with van der Waals surface area (Å²) < 4.78 is 5.24. The van der Waals surface area contributed by atoms with Crippen molar-refractivity contribution in [1.82, 2.24) is 20.3 Å². The predicted octanol–water partition coefficient (Wildman–Crippen LogP) is 3.50. The molecule has 0 spiro atoms. The van der Waals surface area contributed by atoms with E-state index in [2.05, 4.69) is 32.6 Å². The molecule has 8 heteroatoms. The SMILES string of the molecule is CCCc1nnc(NC(=O)CCCc2nc(-c3ccccc3)no2)s1. The van der Waals surface area contributed by atoms with Crippen LogP contribution in [-0.2, 0) is 17.6 Å². The van der Waals surface area contributed by atoms with Gasteiger partial charge in [-0.05, 0) is 12.8 Å². The average Bonchev–Trinajstić information content (AvgIpc) is 3.26. The van der Waals surface area contributed by atoms with Crippen LogP contribution >= 0.6 is 11.3 Å². The van der Waals surface area contributed by atoms with Crippen LogP contribution in [0.4, 0.5) is 5.13 Å². The van der Waals surface area contributed by atoms with Crippen LogP contribution in [0.2, 0.25) is 0 Å². The maximum absolute atomic E-state index is 12.0. The summed E-state index contributed by atoms with van der Waals surface area (Å²) in [5.41, 5.74) is 0.911. The quantitative estimate of drug-likeness (QED) is 0.663. The fraction of sp³-hybridized carbons (Fsp3) is 0.353. The summed E-state index contributed by atoms with van der Waals surface area (Å²) in [7, 11) is 0. The molecule has 0 saturated heterocycles. The number of anilines is 1. The van der Waals surface area contributed by atoms with Crippen molar-refractivity contribution in [3.05, 3.63) is 41.2 Å². The number of rotatable bonds is 8. The van der Waals surface area contributed by atoms with E-state index < -0.39 is 0 Å². The first kappa shape index (κ1) is 17.2. The van der Waals surface area contributed by atoms with Gasteiger partial charge in [-0.1, -0.05) is 53.7 Å². The van der Waals surface area contributed by atoms with E-state index in [1.54, 1.807) is 0 Å². The molecular formula is C17H19N5O2S. The lowest BCUT2D eigenvalue weighted by Gasteiger charge is -1.99. The molecule has 1 aromatic carbocycles. The van der Waals surface area contributed by atoms with Crippen LogP contribution in [0.15, 0.2) is 34.9 Å². The molecule has 0 fully saturated rings. The first-order valence-corrected chi connectivity index (χ1v) is 9.06. The van der Waals surface area contributed by atoms with E-state index in [1.807, 2.05) is 30.3 Å². The Bertz CT molecular complexity index is 815. The maximum Gasteiger partial charge on any atom is 0.226 e. The van der Waals surface area contributed by atoms with Crippen LogP contribution in [0.1, 0.15) is 37.1 Å². The Hall–Kier alpha value is -2.61. The summed E-state index contributed by atoms with van der Waals surface area (Å²) in [6, 6.07) is 9.64. The van der Waals surface area contributed by atoms with E-state index in [1.165, 1.54) is 11.3 Å². The number of hydrogen-bond acceptors (Lipinski definition) is 7. The summed E-state index contributed by atoms with van der Waals surface area (Å²) in [4.78, 5) is 16.3. The number of hydrogen-bond donors (Lipinski definition) is 1. The van der Waals surface area contributed by atoms with Gasteiger partial charge in [0.15, 0.2) is 0 Å². The molecule has 0 radical (unpaired) electrons. The third kappa shape index (κ3) is 4.93. The minimum Gasteiger partial charge on any atom is -0.339 e. The largest absolute Gasteiger partial charge is 0.339 e. The van der Waals surface area contributed by atoms with Crippen LogP contribution in [0, 0.1) is 0 Å². The summed E-state index contributed by atoms with van der Waals surface area (Å²) >= 11 is 1.42. The lowest BCUT2D eigenvalue weighted by molar-refractivity contribution is -0.116. The van der Waals surface area contributed by atoms with Gasteiger partial charge in [0.25, 0.3) is 0 Å². The molecule has 3 rings (SSSR count). The van der Waals surface area contributed by atoms with Crippen molar-refractivity contribution < 1.29 is 9.32 Å². The van der Waals surface area contributed by atoms with Gasteiger partial charge in [0.05, 0.1) is 0 Å². The molecule has 0 bridgehead atoms. The van der Waals surface area contributed by atoms with Gasteiger partial charge in [-0.2, -0.15) is 4.98 Å². The second-order valence-electron chi connectivity index (χ2n) is 5.53. The Morgan fingerprint density at radius 3 is 2.84 bits per heavy atom. The highest BCUT2D eigenvalue weighted by molar-refractivity contribution is 7.15. The number of nitrogens with zero attached hydrogens (tertiary/aromatic N) is 4. The third-order valence-electron chi connectivity index (χ3n) is 3.47. The summed E-state index contributed by atoms with van der Waals surface area (Å²) in [6.07, 6.45) is 3.45. The molecule has 1 amide bonds. The van der Waals surface area contributed by atoms with Crippen molar-refractivity contribution >= 4 is 22.4 Å². The molecule has 1 N–H and O–H groups in total. The smallest absolute Gasteiger partial charge is 0.226 e. The Morgan fingerprint density at radius 1 is 1.20 bits per heavy atom. The van der Waals surface area contributed by atoms with Crippen LogP contribution in [0.25, 0.3) is 11.4 Å². The zero-order valence-electron chi connectivity index (χ0n) is 13.9. The number of amides is 1. The van der Waals surface area contributed by atoms with Gasteiger partial charge in [0.1, 0.15) is 5.01 Å². The number of aryl methyl sites for hydroxylation is 2. The molecule has 0 aliphatic heterocycles. The maximum atomic E-state index is 12.0. The molecule has 0 aliphatic rings. The number of nitrogens with one attached hydrogen (secondary N) is 1. The van der Waals surface area contributed by atoms with Gasteiger partial charge in [-0.15, -0.1) is 10.2 Å². The van der Waals surface area contributed by atoms with Crippen LogP contribution in [0.3, 0.4) is 0 Å². The van der Waals surface area contributed by atoms with Crippen molar-refractivity contribution in [1.29, 1.82) is 0 Å². The molecule has 130 valence electrons. The molecule has 2 heterocycles. The van der Waals surface area contributed by atoms with Crippen molar-refractivity contribution in [2.24, 2.45) is 0 Å². The molecule has 25 heavy (non-hydrogen) atoms. The monoisotopic (exact) mass is 357 g/mol. The van der Waals surface area contributed by atoms with Crippen LogP contribution < -0.4 is 5.32 Å². The summed E-state index contributed by atoms with van der Waals surface area (Å²) in [6.45, 7) is 2.08. The fourth-order valence-electron chi connectivity index (χ4n) is 2.26. The van der Waals surface area contributed by atoms with E-state index in [4.69, 9.17) is 4.52 Å². The zero-order chi connectivity index (χ0) is 17.5. The number of carbonyl (C=O) groups is 1. The molecule has 3 aromatic rings. The molecule has 2 aromatic heterocycles. The summed E-state index contributed by atoms with van der Waals surface area (Å²) in [5, 5.41) is 16.3. The number of carbonyl (C=O) groups excluding carboxylic acids is 1. The van der Waals surface area contributed by atoms with Crippen molar-refractivity contribution in [3.63, 3.8) is 0 Å². The van der Waals surface area contributed by atoms with Gasteiger partial charge in [-0.3, -0.25) is 4.79 Å². The topological polar surface area (TPSA) is 93.8 Å². The minimum atomic E-state index is -0.0815. The van der Waals surface area contributed by atoms with Gasteiger partial charge in [0, 0.05) is 24.8 Å². The van der Waals surface area contributed by atoms with E-state index >= 15 is 0 Å². The Balaban J connectivity index is 1.44. The molecule has 0 unspecified atom stereocenters. The summed E-state index contributed by atoms with van der Waals surface area (Å²) in [5.74, 6) is 1.02. The molecule has 7 nitrogen and oxygen atoms in total. The average molecular weight is 357 g/mol. The normalized spacial score (nSPS) is 10.8. The lowest BCUT2D eigenvalue weighted by atomic mass is 10.2. The predicted molar refractivity (Wildman–Crippen MR) is 95.2 cm³/mol. The van der Waals surface area contributed by atoms with Crippen LogP contribution in [0.5, 0.6) is 0 Å².